The van der Waals surface area contributed by atoms with Gasteiger partial charge in [-0.15, -0.1) is 0 Å². The smallest absolute Gasteiger partial charge is 0.264 e. The molecule has 0 radical (unpaired) electrons. The number of aromatic amines is 1. The number of halogens is 2. The van der Waals surface area contributed by atoms with E-state index in [1.54, 1.807) is 0 Å². The van der Waals surface area contributed by atoms with Gasteiger partial charge in [0.25, 0.3) is 5.56 Å². The van der Waals surface area contributed by atoms with E-state index in [4.69, 9.17) is 11.6 Å². The minimum absolute atomic E-state index is 0.252. The van der Waals surface area contributed by atoms with Crippen molar-refractivity contribution in [3.05, 3.63) is 51.7 Å². The predicted molar refractivity (Wildman–Crippen MR) is 55.3 cm³/mol. The Hall–Kier alpha value is -1.68. The van der Waals surface area contributed by atoms with Gasteiger partial charge in [0.05, 0.1) is 11.2 Å². The van der Waals surface area contributed by atoms with Crippen LogP contribution in [0.5, 0.6) is 0 Å². The number of benzene rings is 1. The second-order valence-electron chi connectivity index (χ2n) is 2.96. The average molecular weight is 225 g/mol. The third-order valence-corrected chi connectivity index (χ3v) is 2.22. The van der Waals surface area contributed by atoms with Crippen molar-refractivity contribution in [2.24, 2.45) is 0 Å². The zero-order chi connectivity index (χ0) is 10.8. The highest BCUT2D eigenvalue weighted by Crippen LogP contribution is 2.26. The first-order chi connectivity index (χ1) is 7.16. The number of hydrogen-bond acceptors (Lipinski definition) is 2. The SMILES string of the molecule is O=c1cc(-c2ccc(F)cc2Cl)cn[nH]1. The van der Waals surface area contributed by atoms with Gasteiger partial charge in [-0.1, -0.05) is 11.6 Å². The molecule has 0 spiro atoms. The molecule has 2 rings (SSSR count). The molecule has 5 heteroatoms. The van der Waals surface area contributed by atoms with Crippen molar-refractivity contribution in [1.29, 1.82) is 0 Å². The van der Waals surface area contributed by atoms with E-state index in [1.165, 1.54) is 30.5 Å². The Morgan fingerprint density at radius 2 is 2.13 bits per heavy atom. The maximum atomic E-state index is 12.8. The third kappa shape index (κ3) is 2.05. The van der Waals surface area contributed by atoms with Gasteiger partial charge in [0.15, 0.2) is 0 Å². The van der Waals surface area contributed by atoms with Gasteiger partial charge in [-0.2, -0.15) is 5.10 Å². The molecular formula is C10H6ClFN2O. The molecule has 15 heavy (non-hydrogen) atoms. The summed E-state index contributed by atoms with van der Waals surface area (Å²) in [5, 5.41) is 6.14. The summed E-state index contributed by atoms with van der Waals surface area (Å²) < 4.78 is 12.8. The van der Waals surface area contributed by atoms with Gasteiger partial charge in [-0.3, -0.25) is 4.79 Å². The van der Waals surface area contributed by atoms with Gasteiger partial charge < -0.3 is 0 Å². The summed E-state index contributed by atoms with van der Waals surface area (Å²) in [4.78, 5) is 11.0. The van der Waals surface area contributed by atoms with Crippen LogP contribution in [0.15, 0.2) is 35.3 Å². The quantitative estimate of drug-likeness (QED) is 0.808. The molecule has 0 aliphatic heterocycles. The van der Waals surface area contributed by atoms with E-state index in [0.717, 1.165) is 0 Å². The molecule has 1 aromatic heterocycles. The molecule has 0 atom stereocenters. The third-order valence-electron chi connectivity index (χ3n) is 1.91. The Labute approximate surface area is 89.5 Å². The van der Waals surface area contributed by atoms with Crippen molar-refractivity contribution in [2.45, 2.75) is 0 Å². The van der Waals surface area contributed by atoms with Crippen LogP contribution >= 0.6 is 11.6 Å². The van der Waals surface area contributed by atoms with Crippen molar-refractivity contribution in [3.8, 4) is 11.1 Å². The molecule has 1 heterocycles. The number of rotatable bonds is 1. The van der Waals surface area contributed by atoms with Crippen LogP contribution in [0.3, 0.4) is 0 Å². The lowest BCUT2D eigenvalue weighted by molar-refractivity contribution is 0.628. The Balaban J connectivity index is 2.59. The van der Waals surface area contributed by atoms with Gasteiger partial charge in [0, 0.05) is 17.2 Å². The number of nitrogens with zero attached hydrogens (tertiary/aromatic N) is 1. The molecule has 0 amide bonds. The summed E-state index contributed by atoms with van der Waals surface area (Å²) in [7, 11) is 0. The van der Waals surface area contributed by atoms with E-state index in [2.05, 4.69) is 10.2 Å². The zero-order valence-electron chi connectivity index (χ0n) is 7.50. The van der Waals surface area contributed by atoms with E-state index in [-0.39, 0.29) is 10.6 Å². The van der Waals surface area contributed by atoms with E-state index >= 15 is 0 Å². The summed E-state index contributed by atoms with van der Waals surface area (Å²) >= 11 is 5.84. The minimum Gasteiger partial charge on any atom is -0.268 e. The first kappa shape index (κ1) is 9.86. The normalized spacial score (nSPS) is 10.3. The minimum atomic E-state index is -0.415. The van der Waals surface area contributed by atoms with Gasteiger partial charge in [-0.05, 0) is 18.2 Å². The van der Waals surface area contributed by atoms with Crippen LogP contribution in [0, 0.1) is 5.82 Å². The van der Waals surface area contributed by atoms with E-state index in [1.807, 2.05) is 0 Å². The molecule has 1 aromatic carbocycles. The van der Waals surface area contributed by atoms with Crippen molar-refractivity contribution < 1.29 is 4.39 Å². The Morgan fingerprint density at radius 1 is 1.33 bits per heavy atom. The van der Waals surface area contributed by atoms with Crippen LogP contribution in [0.2, 0.25) is 5.02 Å². The van der Waals surface area contributed by atoms with Crippen LogP contribution in [0.25, 0.3) is 11.1 Å². The summed E-state index contributed by atoms with van der Waals surface area (Å²) in [5.74, 6) is -0.415. The van der Waals surface area contributed by atoms with Crippen LogP contribution in [-0.4, -0.2) is 10.2 Å². The summed E-state index contributed by atoms with van der Waals surface area (Å²) in [6.07, 6.45) is 1.46. The summed E-state index contributed by atoms with van der Waals surface area (Å²) in [6.45, 7) is 0. The van der Waals surface area contributed by atoms with Crippen LogP contribution in [-0.2, 0) is 0 Å². The van der Waals surface area contributed by atoms with Crippen LogP contribution in [0.4, 0.5) is 4.39 Å². The highest BCUT2D eigenvalue weighted by Gasteiger charge is 2.05. The van der Waals surface area contributed by atoms with Crippen LogP contribution in [0.1, 0.15) is 0 Å². The second kappa shape index (κ2) is 3.82. The fourth-order valence-electron chi connectivity index (χ4n) is 1.25. The Morgan fingerprint density at radius 3 is 2.80 bits per heavy atom. The Kier molecular flexibility index (Phi) is 2.51. The molecule has 0 aliphatic carbocycles. The van der Waals surface area contributed by atoms with Crippen molar-refractivity contribution in [1.82, 2.24) is 10.2 Å². The van der Waals surface area contributed by atoms with Crippen LogP contribution < -0.4 is 5.56 Å². The first-order valence-electron chi connectivity index (χ1n) is 4.17. The largest absolute Gasteiger partial charge is 0.268 e. The zero-order valence-corrected chi connectivity index (χ0v) is 8.25. The maximum Gasteiger partial charge on any atom is 0.264 e. The molecule has 0 aliphatic rings. The molecule has 0 unspecified atom stereocenters. The van der Waals surface area contributed by atoms with Gasteiger partial charge in [-0.25, -0.2) is 9.49 Å². The molecular weight excluding hydrogens is 219 g/mol. The molecule has 3 nitrogen and oxygen atoms in total. The van der Waals surface area contributed by atoms with E-state index in [9.17, 15) is 9.18 Å². The van der Waals surface area contributed by atoms with E-state index in [0.29, 0.717) is 11.1 Å². The predicted octanol–water partition coefficient (Wildman–Crippen LogP) is 2.23. The molecule has 0 saturated carbocycles. The molecule has 1 N–H and O–H groups in total. The monoisotopic (exact) mass is 224 g/mol. The average Bonchev–Trinajstić information content (AvgIpc) is 2.17. The fourth-order valence-corrected chi connectivity index (χ4v) is 1.52. The topological polar surface area (TPSA) is 45.8 Å². The van der Waals surface area contributed by atoms with Crippen molar-refractivity contribution >= 4 is 11.6 Å². The van der Waals surface area contributed by atoms with Crippen molar-refractivity contribution in [3.63, 3.8) is 0 Å². The van der Waals surface area contributed by atoms with Crippen molar-refractivity contribution in [2.75, 3.05) is 0 Å². The van der Waals surface area contributed by atoms with E-state index < -0.39 is 5.82 Å². The standard InChI is InChI=1S/C10H6ClFN2O/c11-9-4-7(12)1-2-8(9)6-3-10(15)14-13-5-6/h1-5H,(H,14,15). The second-order valence-corrected chi connectivity index (χ2v) is 3.37. The first-order valence-corrected chi connectivity index (χ1v) is 4.55. The fraction of sp³-hybridized carbons (Fsp3) is 0. The highest BCUT2D eigenvalue weighted by molar-refractivity contribution is 6.33. The lowest BCUT2D eigenvalue weighted by atomic mass is 10.1. The van der Waals surface area contributed by atoms with Gasteiger partial charge >= 0.3 is 0 Å². The van der Waals surface area contributed by atoms with Gasteiger partial charge in [0.2, 0.25) is 0 Å². The lowest BCUT2D eigenvalue weighted by Crippen LogP contribution is -2.05. The molecule has 76 valence electrons. The number of hydrogen-bond donors (Lipinski definition) is 1. The number of aromatic nitrogens is 2. The molecule has 0 fully saturated rings. The molecule has 2 aromatic rings. The highest BCUT2D eigenvalue weighted by atomic mass is 35.5. The lowest BCUT2D eigenvalue weighted by Gasteiger charge is -2.02. The number of nitrogens with one attached hydrogen (secondary N) is 1. The Bertz CT molecular complexity index is 553. The maximum absolute atomic E-state index is 12.8. The van der Waals surface area contributed by atoms with Gasteiger partial charge in [0.1, 0.15) is 5.82 Å². The molecule has 0 saturated heterocycles. The number of H-pyrrole nitrogens is 1. The summed E-state index contributed by atoms with van der Waals surface area (Å²) in [6, 6.07) is 5.33. The summed E-state index contributed by atoms with van der Waals surface area (Å²) in [5.41, 5.74) is 0.813. The molecule has 0 bridgehead atoms.